The molecule has 0 spiro atoms. The summed E-state index contributed by atoms with van der Waals surface area (Å²) in [6.45, 7) is 3.65. The Morgan fingerprint density at radius 2 is 2.08 bits per heavy atom. The van der Waals surface area contributed by atoms with Gasteiger partial charge in [0.25, 0.3) is 0 Å². The van der Waals surface area contributed by atoms with Crippen LogP contribution in [0.3, 0.4) is 0 Å². The second-order valence-electron chi connectivity index (χ2n) is 7.69. The number of hydrogen-bond acceptors (Lipinski definition) is 3. The molecule has 1 aliphatic heterocycles. The molecule has 0 bridgehead atoms. The van der Waals surface area contributed by atoms with Crippen molar-refractivity contribution in [1.82, 2.24) is 10.2 Å². The Kier molecular flexibility index (Phi) is 5.64. The van der Waals surface area contributed by atoms with E-state index in [4.69, 9.17) is 4.74 Å². The van der Waals surface area contributed by atoms with Crippen molar-refractivity contribution in [2.24, 2.45) is 5.92 Å². The van der Waals surface area contributed by atoms with Crippen LogP contribution < -0.4 is 5.32 Å². The van der Waals surface area contributed by atoms with Crippen LogP contribution in [0.4, 0.5) is 4.79 Å². The highest BCUT2D eigenvalue weighted by Crippen LogP contribution is 2.33. The molecule has 1 heterocycles. The number of fused-ring (bicyclic) bond motifs is 1. The predicted molar refractivity (Wildman–Crippen MR) is 97.4 cm³/mol. The van der Waals surface area contributed by atoms with Crippen LogP contribution in [0.1, 0.15) is 49.8 Å². The van der Waals surface area contributed by atoms with Gasteiger partial charge in [-0.15, -0.1) is 0 Å². The molecule has 3 rings (SSSR count). The Morgan fingerprint density at radius 1 is 1.36 bits per heavy atom. The first kappa shape index (κ1) is 18.2. The third kappa shape index (κ3) is 4.33. The average molecular weight is 346 g/mol. The van der Waals surface area contributed by atoms with Crippen molar-refractivity contribution in [3.05, 3.63) is 35.4 Å². The van der Waals surface area contributed by atoms with Crippen LogP contribution in [0.15, 0.2) is 24.3 Å². The zero-order chi connectivity index (χ0) is 17.9. The maximum atomic E-state index is 12.8. The molecule has 0 aromatic heterocycles. The number of benzene rings is 1. The number of nitrogens with zero attached hydrogens (tertiary/aromatic N) is 1. The molecule has 0 saturated carbocycles. The summed E-state index contributed by atoms with van der Waals surface area (Å²) in [4.78, 5) is 14.4. The Morgan fingerprint density at radius 3 is 2.84 bits per heavy atom. The zero-order valence-corrected chi connectivity index (χ0v) is 15.3. The largest absolute Gasteiger partial charge is 0.388 e. The first-order valence-corrected chi connectivity index (χ1v) is 9.38. The van der Waals surface area contributed by atoms with Gasteiger partial charge in [-0.25, -0.2) is 4.79 Å². The van der Waals surface area contributed by atoms with E-state index in [9.17, 15) is 9.90 Å². The van der Waals surface area contributed by atoms with Crippen molar-refractivity contribution in [1.29, 1.82) is 0 Å². The van der Waals surface area contributed by atoms with Crippen molar-refractivity contribution in [3.8, 4) is 0 Å². The van der Waals surface area contributed by atoms with E-state index in [1.807, 2.05) is 6.07 Å². The van der Waals surface area contributed by atoms with Crippen LogP contribution in [-0.2, 0) is 11.2 Å². The molecule has 0 unspecified atom stereocenters. The number of aryl methyl sites for hydroxylation is 1. The minimum Gasteiger partial charge on any atom is -0.388 e. The van der Waals surface area contributed by atoms with Gasteiger partial charge in [0.15, 0.2) is 0 Å². The van der Waals surface area contributed by atoms with Gasteiger partial charge in [-0.05, 0) is 36.3 Å². The normalized spacial score (nSPS) is 25.6. The van der Waals surface area contributed by atoms with Crippen molar-refractivity contribution in [2.45, 2.75) is 50.7 Å². The number of nitrogens with one attached hydrogen (secondary N) is 1. The Labute approximate surface area is 150 Å². The summed E-state index contributed by atoms with van der Waals surface area (Å²) in [5.74, 6) is 0.396. The first-order chi connectivity index (χ1) is 12.0. The maximum absolute atomic E-state index is 12.8. The van der Waals surface area contributed by atoms with E-state index >= 15 is 0 Å². The third-order valence-corrected chi connectivity index (χ3v) is 5.65. The summed E-state index contributed by atoms with van der Waals surface area (Å²) >= 11 is 0. The summed E-state index contributed by atoms with van der Waals surface area (Å²) < 4.78 is 5.32. The highest BCUT2D eigenvalue weighted by molar-refractivity contribution is 5.74. The summed E-state index contributed by atoms with van der Waals surface area (Å²) in [6.07, 6.45) is 4.48. The molecule has 25 heavy (non-hydrogen) atoms. The lowest BCUT2D eigenvalue weighted by Gasteiger charge is -2.36. The number of carbonyl (C=O) groups is 1. The van der Waals surface area contributed by atoms with Gasteiger partial charge in [-0.1, -0.05) is 31.2 Å². The maximum Gasteiger partial charge on any atom is 0.317 e. The summed E-state index contributed by atoms with van der Waals surface area (Å²) in [5, 5.41) is 13.9. The van der Waals surface area contributed by atoms with Gasteiger partial charge in [-0.3, -0.25) is 0 Å². The molecular formula is C20H30N2O3. The van der Waals surface area contributed by atoms with E-state index in [0.29, 0.717) is 38.5 Å². The van der Waals surface area contributed by atoms with Crippen LogP contribution >= 0.6 is 0 Å². The van der Waals surface area contributed by atoms with Gasteiger partial charge in [0.1, 0.15) is 0 Å². The number of rotatable bonds is 3. The molecule has 2 amide bonds. The molecule has 1 aromatic carbocycles. The van der Waals surface area contributed by atoms with Crippen LogP contribution in [0.2, 0.25) is 0 Å². The van der Waals surface area contributed by atoms with Crippen LogP contribution in [0, 0.1) is 5.92 Å². The minimum atomic E-state index is -0.836. The van der Waals surface area contributed by atoms with E-state index in [0.717, 1.165) is 19.3 Å². The lowest BCUT2D eigenvalue weighted by atomic mass is 9.92. The standard InChI is InChI=1S/C20H30N2O3/c1-15-6-5-8-16-7-3-4-9-17(16)18(15)21-19(23)22(2)14-20(24)10-12-25-13-11-20/h3-4,7,9,15,18,24H,5-6,8,10-14H2,1-2H3,(H,21,23)/t15-,18-/m0/s1. The number of hydrogen-bond donors (Lipinski definition) is 2. The van der Waals surface area contributed by atoms with E-state index in [-0.39, 0.29) is 12.1 Å². The quantitative estimate of drug-likeness (QED) is 0.827. The van der Waals surface area contributed by atoms with Gasteiger partial charge in [0.05, 0.1) is 18.2 Å². The Hall–Kier alpha value is -1.59. The van der Waals surface area contributed by atoms with Crippen LogP contribution in [0.5, 0.6) is 0 Å². The topological polar surface area (TPSA) is 61.8 Å². The first-order valence-electron chi connectivity index (χ1n) is 9.38. The third-order valence-electron chi connectivity index (χ3n) is 5.65. The van der Waals surface area contributed by atoms with Crippen LogP contribution in [0.25, 0.3) is 0 Å². The lowest BCUT2D eigenvalue weighted by molar-refractivity contribution is -0.0723. The van der Waals surface area contributed by atoms with Gasteiger partial charge >= 0.3 is 6.03 Å². The number of ether oxygens (including phenoxy) is 1. The molecule has 1 fully saturated rings. The van der Waals surface area contributed by atoms with E-state index in [2.05, 4.69) is 30.4 Å². The number of urea groups is 1. The molecular weight excluding hydrogens is 316 g/mol. The minimum absolute atomic E-state index is 0.0259. The Bertz CT molecular complexity index is 598. The van der Waals surface area contributed by atoms with Crippen molar-refractivity contribution >= 4 is 6.03 Å². The highest BCUT2D eigenvalue weighted by atomic mass is 16.5. The average Bonchev–Trinajstić information content (AvgIpc) is 2.74. The highest BCUT2D eigenvalue weighted by Gasteiger charge is 2.33. The molecule has 5 heteroatoms. The fourth-order valence-corrected chi connectivity index (χ4v) is 4.04. The number of aliphatic hydroxyl groups is 1. The van der Waals surface area contributed by atoms with Gasteiger partial charge in [0.2, 0.25) is 0 Å². The predicted octanol–water partition coefficient (Wildman–Crippen LogP) is 2.88. The van der Waals surface area contributed by atoms with Gasteiger partial charge in [0, 0.05) is 33.1 Å². The zero-order valence-electron chi connectivity index (χ0n) is 15.3. The fourth-order valence-electron chi connectivity index (χ4n) is 4.04. The van der Waals surface area contributed by atoms with Crippen molar-refractivity contribution in [2.75, 3.05) is 26.8 Å². The van der Waals surface area contributed by atoms with Crippen molar-refractivity contribution < 1.29 is 14.6 Å². The summed E-state index contributed by atoms with van der Waals surface area (Å²) in [7, 11) is 1.76. The molecule has 138 valence electrons. The fraction of sp³-hybridized carbons (Fsp3) is 0.650. The van der Waals surface area contributed by atoms with Crippen molar-refractivity contribution in [3.63, 3.8) is 0 Å². The molecule has 1 aromatic rings. The Balaban J connectivity index is 1.68. The lowest BCUT2D eigenvalue weighted by Crippen LogP contribution is -2.50. The molecule has 2 atom stereocenters. The molecule has 2 aliphatic rings. The van der Waals surface area contributed by atoms with E-state index < -0.39 is 5.60 Å². The van der Waals surface area contributed by atoms with Gasteiger partial charge in [-0.2, -0.15) is 0 Å². The summed E-state index contributed by atoms with van der Waals surface area (Å²) in [6, 6.07) is 8.33. The smallest absolute Gasteiger partial charge is 0.317 e. The molecule has 0 radical (unpaired) electrons. The molecule has 5 nitrogen and oxygen atoms in total. The molecule has 1 aliphatic carbocycles. The SMILES string of the molecule is C[C@H]1CCCc2ccccc2[C@H]1NC(=O)N(C)CC1(O)CCOCC1. The second-order valence-corrected chi connectivity index (χ2v) is 7.69. The monoisotopic (exact) mass is 346 g/mol. The molecule has 1 saturated heterocycles. The number of likely N-dealkylation sites (N-methyl/N-ethyl adjacent to an activating group) is 1. The van der Waals surface area contributed by atoms with Crippen LogP contribution in [-0.4, -0.2) is 48.4 Å². The second kappa shape index (κ2) is 7.75. The summed E-state index contributed by atoms with van der Waals surface area (Å²) in [5.41, 5.74) is 1.74. The molecule has 2 N–H and O–H groups in total. The van der Waals surface area contributed by atoms with E-state index in [1.165, 1.54) is 11.1 Å². The number of carbonyl (C=O) groups excluding carboxylic acids is 1. The number of amides is 2. The van der Waals surface area contributed by atoms with Gasteiger partial charge < -0.3 is 20.1 Å². The van der Waals surface area contributed by atoms with E-state index in [1.54, 1.807) is 11.9 Å².